The van der Waals surface area contributed by atoms with Crippen LogP contribution >= 0.6 is 11.3 Å². The number of hydrogen-bond donors (Lipinski definition) is 0. The number of carbonyl (C=O) groups excluding carboxylic acids is 1. The van der Waals surface area contributed by atoms with Gasteiger partial charge >= 0.3 is 0 Å². The number of aldehydes is 1. The standard InChI is InChI=1S/C36H36N4O3S/c1-38-16-18-39(19-17-38)22-24-4-14-31-27(20-24)21-32-34(33-15-13-30(23-41)44-33)37-40(36(31)32)35(25-5-9-28(42-2)10-6-25)26-7-11-29(43-3)12-8-26/h4-15,20,23,35H,16-19,21-22H2,1-3H3. The van der Waals surface area contributed by atoms with E-state index in [9.17, 15) is 4.79 Å². The molecule has 44 heavy (non-hydrogen) atoms. The fourth-order valence-electron chi connectivity index (χ4n) is 6.47. The smallest absolute Gasteiger partial charge is 0.160 e. The fourth-order valence-corrected chi connectivity index (χ4v) is 7.31. The van der Waals surface area contributed by atoms with Crippen LogP contribution < -0.4 is 9.47 Å². The molecule has 3 heterocycles. The van der Waals surface area contributed by atoms with Gasteiger partial charge in [-0.05, 0) is 65.7 Å². The third kappa shape index (κ3) is 5.34. The molecule has 2 aliphatic rings. The van der Waals surface area contributed by atoms with E-state index in [1.54, 1.807) is 14.2 Å². The molecule has 0 unspecified atom stereocenters. The van der Waals surface area contributed by atoms with E-state index >= 15 is 0 Å². The summed E-state index contributed by atoms with van der Waals surface area (Å²) in [5.74, 6) is 1.62. The molecule has 1 aliphatic carbocycles. The Bertz CT molecular complexity index is 1740. The summed E-state index contributed by atoms with van der Waals surface area (Å²) in [7, 11) is 5.57. The van der Waals surface area contributed by atoms with Crippen molar-refractivity contribution in [1.82, 2.24) is 19.6 Å². The average Bonchev–Trinajstić information content (AvgIpc) is 3.78. The summed E-state index contributed by atoms with van der Waals surface area (Å²) in [5, 5.41) is 5.35. The largest absolute Gasteiger partial charge is 0.497 e. The predicted molar refractivity (Wildman–Crippen MR) is 175 cm³/mol. The summed E-state index contributed by atoms with van der Waals surface area (Å²) in [6.07, 6.45) is 1.73. The zero-order valence-corrected chi connectivity index (χ0v) is 26.1. The van der Waals surface area contributed by atoms with E-state index in [1.807, 2.05) is 36.4 Å². The van der Waals surface area contributed by atoms with E-state index in [1.165, 1.54) is 33.6 Å². The quantitative estimate of drug-likeness (QED) is 0.178. The lowest BCUT2D eigenvalue weighted by Gasteiger charge is -2.32. The molecule has 0 spiro atoms. The van der Waals surface area contributed by atoms with Crippen molar-refractivity contribution < 1.29 is 14.3 Å². The first kappa shape index (κ1) is 28.5. The van der Waals surface area contributed by atoms with E-state index in [0.29, 0.717) is 4.88 Å². The Morgan fingerprint density at radius 2 is 1.52 bits per heavy atom. The maximum absolute atomic E-state index is 11.6. The highest BCUT2D eigenvalue weighted by atomic mass is 32.1. The van der Waals surface area contributed by atoms with Gasteiger partial charge in [0.2, 0.25) is 0 Å². The molecule has 0 radical (unpaired) electrons. The maximum Gasteiger partial charge on any atom is 0.160 e. The van der Waals surface area contributed by atoms with Crippen molar-refractivity contribution in [1.29, 1.82) is 0 Å². The van der Waals surface area contributed by atoms with Gasteiger partial charge in [0.1, 0.15) is 23.2 Å². The molecule has 1 aliphatic heterocycles. The van der Waals surface area contributed by atoms with Gasteiger partial charge in [0.15, 0.2) is 6.29 Å². The fraction of sp³-hybridized carbons (Fsp3) is 0.278. The molecule has 224 valence electrons. The van der Waals surface area contributed by atoms with Crippen LogP contribution in [0.5, 0.6) is 11.5 Å². The summed E-state index contributed by atoms with van der Waals surface area (Å²) in [6.45, 7) is 5.37. The second kappa shape index (κ2) is 12.0. The highest BCUT2D eigenvalue weighted by Gasteiger charge is 2.33. The molecule has 0 amide bonds. The molecule has 0 saturated carbocycles. The minimum absolute atomic E-state index is 0.184. The number of likely N-dealkylation sites (N-methyl/N-ethyl adjacent to an activating group) is 1. The number of thiophene rings is 1. The lowest BCUT2D eigenvalue weighted by atomic mass is 9.97. The highest BCUT2D eigenvalue weighted by Crippen LogP contribution is 2.46. The Morgan fingerprint density at radius 3 is 2.11 bits per heavy atom. The second-order valence-electron chi connectivity index (χ2n) is 11.6. The maximum atomic E-state index is 11.6. The molecule has 7 rings (SSSR count). The Morgan fingerprint density at radius 1 is 0.864 bits per heavy atom. The number of rotatable bonds is 9. The van der Waals surface area contributed by atoms with Crippen molar-refractivity contribution in [3.05, 3.63) is 112 Å². The lowest BCUT2D eigenvalue weighted by Crippen LogP contribution is -2.43. The zero-order valence-electron chi connectivity index (χ0n) is 25.3. The minimum atomic E-state index is -0.184. The monoisotopic (exact) mass is 604 g/mol. The summed E-state index contributed by atoms with van der Waals surface area (Å²) < 4.78 is 13.2. The van der Waals surface area contributed by atoms with Crippen molar-refractivity contribution in [3.63, 3.8) is 0 Å². The predicted octanol–water partition coefficient (Wildman–Crippen LogP) is 6.40. The van der Waals surface area contributed by atoms with Gasteiger partial charge in [-0.25, -0.2) is 0 Å². The van der Waals surface area contributed by atoms with Crippen molar-refractivity contribution in [2.75, 3.05) is 47.4 Å². The Labute approximate surface area is 262 Å². The lowest BCUT2D eigenvalue weighted by molar-refractivity contribution is 0.112. The Balaban J connectivity index is 1.36. The number of nitrogens with zero attached hydrogens (tertiary/aromatic N) is 4. The third-order valence-corrected chi connectivity index (χ3v) is 9.90. The van der Waals surface area contributed by atoms with Crippen LogP contribution in [-0.2, 0) is 13.0 Å². The average molecular weight is 605 g/mol. The van der Waals surface area contributed by atoms with Gasteiger partial charge in [-0.1, -0.05) is 42.5 Å². The first-order valence-corrected chi connectivity index (χ1v) is 15.8. The number of piperazine rings is 1. The van der Waals surface area contributed by atoms with Crippen LogP contribution in [0.25, 0.3) is 21.8 Å². The van der Waals surface area contributed by atoms with Crippen LogP contribution in [0.3, 0.4) is 0 Å². The van der Waals surface area contributed by atoms with Gasteiger partial charge in [0.25, 0.3) is 0 Å². The van der Waals surface area contributed by atoms with Gasteiger partial charge < -0.3 is 14.4 Å². The molecule has 8 heteroatoms. The molecular formula is C36H36N4O3S. The summed E-state index contributed by atoms with van der Waals surface area (Å²) >= 11 is 1.50. The van der Waals surface area contributed by atoms with Crippen LogP contribution in [0.1, 0.15) is 43.5 Å². The van der Waals surface area contributed by atoms with Gasteiger partial charge in [-0.15, -0.1) is 11.3 Å². The molecular weight excluding hydrogens is 568 g/mol. The molecule has 0 bridgehead atoms. The van der Waals surface area contributed by atoms with Crippen LogP contribution in [0.4, 0.5) is 0 Å². The van der Waals surface area contributed by atoms with Crippen LogP contribution in [-0.4, -0.2) is 73.3 Å². The number of aromatic nitrogens is 2. The van der Waals surface area contributed by atoms with Crippen molar-refractivity contribution in [2.45, 2.75) is 19.0 Å². The van der Waals surface area contributed by atoms with Gasteiger partial charge in [0, 0.05) is 50.3 Å². The van der Waals surface area contributed by atoms with Gasteiger partial charge in [-0.2, -0.15) is 5.10 Å². The van der Waals surface area contributed by atoms with Gasteiger partial charge in [-0.3, -0.25) is 14.4 Å². The summed E-state index contributed by atoms with van der Waals surface area (Å²) in [4.78, 5) is 18.3. The second-order valence-corrected chi connectivity index (χ2v) is 12.8. The molecule has 7 nitrogen and oxygen atoms in total. The normalized spacial score (nSPS) is 14.9. The number of carbonyl (C=O) groups is 1. The Hall–Kier alpha value is -4.24. The molecule has 2 aromatic heterocycles. The Kier molecular flexibility index (Phi) is 7.80. The van der Waals surface area contributed by atoms with Crippen molar-refractivity contribution in [3.8, 4) is 33.3 Å². The first-order valence-electron chi connectivity index (χ1n) is 15.0. The van der Waals surface area contributed by atoms with Crippen molar-refractivity contribution in [2.24, 2.45) is 0 Å². The van der Waals surface area contributed by atoms with Crippen LogP contribution in [0, 0.1) is 0 Å². The number of benzene rings is 3. The van der Waals surface area contributed by atoms with E-state index < -0.39 is 0 Å². The molecule has 1 saturated heterocycles. The highest BCUT2D eigenvalue weighted by molar-refractivity contribution is 7.17. The van der Waals surface area contributed by atoms with Crippen LogP contribution in [0.2, 0.25) is 0 Å². The third-order valence-electron chi connectivity index (χ3n) is 8.89. The number of fused-ring (bicyclic) bond motifs is 3. The molecule has 0 atom stereocenters. The molecule has 5 aromatic rings. The van der Waals surface area contributed by atoms with E-state index in [2.05, 4.69) is 64.0 Å². The van der Waals surface area contributed by atoms with E-state index in [0.717, 1.165) is 84.3 Å². The number of hydrogen-bond acceptors (Lipinski definition) is 7. The minimum Gasteiger partial charge on any atom is -0.497 e. The van der Waals surface area contributed by atoms with E-state index in [4.69, 9.17) is 14.6 Å². The molecule has 3 aromatic carbocycles. The summed E-state index contributed by atoms with van der Waals surface area (Å²) in [5.41, 5.74) is 9.40. The van der Waals surface area contributed by atoms with Gasteiger partial charge in [0.05, 0.1) is 29.7 Å². The molecule has 0 N–H and O–H groups in total. The van der Waals surface area contributed by atoms with E-state index in [-0.39, 0.29) is 6.04 Å². The zero-order chi connectivity index (χ0) is 30.2. The van der Waals surface area contributed by atoms with Crippen molar-refractivity contribution >= 4 is 17.6 Å². The SMILES string of the molecule is COc1ccc(C(c2ccc(OC)cc2)n2nc(-c3ccc(C=O)s3)c3c2-c2ccc(CN4CCN(C)CC4)cc2C3)cc1. The summed E-state index contributed by atoms with van der Waals surface area (Å²) in [6, 6.07) is 27.2. The first-order chi connectivity index (χ1) is 21.5. The number of methoxy groups -OCH3 is 2. The topological polar surface area (TPSA) is 59.8 Å². The number of ether oxygens (including phenoxy) is 2. The van der Waals surface area contributed by atoms with Crippen LogP contribution in [0.15, 0.2) is 78.9 Å². The molecule has 1 fully saturated rings.